The summed E-state index contributed by atoms with van der Waals surface area (Å²) in [5, 5.41) is 16.2. The fourth-order valence-corrected chi connectivity index (χ4v) is 4.51. The first-order valence-electron chi connectivity index (χ1n) is 10.6. The van der Waals surface area contributed by atoms with Gasteiger partial charge in [0.25, 0.3) is 0 Å². The van der Waals surface area contributed by atoms with E-state index in [0.29, 0.717) is 13.0 Å². The van der Waals surface area contributed by atoms with Gasteiger partial charge in [0.15, 0.2) is 5.78 Å². The first-order valence-corrected chi connectivity index (χ1v) is 11.5. The van der Waals surface area contributed by atoms with Crippen molar-refractivity contribution in [2.75, 3.05) is 6.54 Å². The van der Waals surface area contributed by atoms with E-state index < -0.39 is 29.6 Å². The second-order valence-corrected chi connectivity index (χ2v) is 10.1. The second-order valence-electron chi connectivity index (χ2n) is 9.25. The van der Waals surface area contributed by atoms with Crippen molar-refractivity contribution >= 4 is 23.0 Å². The summed E-state index contributed by atoms with van der Waals surface area (Å²) in [6, 6.07) is 6.13. The van der Waals surface area contributed by atoms with E-state index in [1.54, 1.807) is 11.3 Å². The van der Waals surface area contributed by atoms with Crippen LogP contribution in [-0.4, -0.2) is 52.6 Å². The van der Waals surface area contributed by atoms with Crippen molar-refractivity contribution in [3.05, 3.63) is 41.0 Å². The standard InChI is InChI=1S/C23H32N4O3S/c1-13-20(31-12-26-13)15-7-5-14(6-8-15)9-10-25-22(30)16-11-17(28)18(27-16)19(29)21(24)23(2,3)4/h5-8,12,16-18,21,27-28H,9-11,24H2,1-4H3,(H,25,30)/t16?,17?,18?,21-/m0/s1. The Balaban J connectivity index is 1.49. The molecule has 31 heavy (non-hydrogen) atoms. The molecule has 2 aromatic rings. The van der Waals surface area contributed by atoms with Crippen molar-refractivity contribution < 1.29 is 14.7 Å². The van der Waals surface area contributed by atoms with Crippen molar-refractivity contribution in [3.8, 4) is 10.4 Å². The lowest BCUT2D eigenvalue weighted by Gasteiger charge is -2.29. The summed E-state index contributed by atoms with van der Waals surface area (Å²) < 4.78 is 0. The number of thiazole rings is 1. The maximum absolute atomic E-state index is 12.6. The van der Waals surface area contributed by atoms with Gasteiger partial charge < -0.3 is 16.2 Å². The molecule has 3 unspecified atom stereocenters. The van der Waals surface area contributed by atoms with Crippen molar-refractivity contribution in [3.63, 3.8) is 0 Å². The van der Waals surface area contributed by atoms with E-state index in [9.17, 15) is 14.7 Å². The van der Waals surface area contributed by atoms with E-state index in [1.807, 2.05) is 33.2 Å². The molecule has 0 bridgehead atoms. The highest BCUT2D eigenvalue weighted by molar-refractivity contribution is 7.13. The number of hydrogen-bond donors (Lipinski definition) is 4. The number of Topliss-reactive ketones (excluding diaryl/α,β-unsaturated/α-hetero) is 1. The van der Waals surface area contributed by atoms with Crippen molar-refractivity contribution in [1.82, 2.24) is 15.6 Å². The van der Waals surface area contributed by atoms with Gasteiger partial charge in [-0.1, -0.05) is 45.0 Å². The number of hydrogen-bond acceptors (Lipinski definition) is 7. The number of carbonyl (C=O) groups is 2. The molecule has 1 aromatic carbocycles. The van der Waals surface area contributed by atoms with Gasteiger partial charge in [-0.3, -0.25) is 14.9 Å². The van der Waals surface area contributed by atoms with Crippen LogP contribution in [0, 0.1) is 12.3 Å². The molecule has 0 radical (unpaired) electrons. The molecule has 7 nitrogen and oxygen atoms in total. The molecule has 3 rings (SSSR count). The minimum absolute atomic E-state index is 0.196. The number of rotatable bonds is 7. The van der Waals surface area contributed by atoms with Crippen LogP contribution < -0.4 is 16.4 Å². The third-order valence-electron chi connectivity index (χ3n) is 5.78. The predicted molar refractivity (Wildman–Crippen MR) is 123 cm³/mol. The van der Waals surface area contributed by atoms with Crippen molar-refractivity contribution in [1.29, 1.82) is 0 Å². The largest absolute Gasteiger partial charge is 0.391 e. The predicted octanol–water partition coefficient (Wildman–Crippen LogP) is 1.81. The normalized spacial score (nSPS) is 22.3. The van der Waals surface area contributed by atoms with Crippen LogP contribution in [0.2, 0.25) is 0 Å². The summed E-state index contributed by atoms with van der Waals surface area (Å²) in [5.74, 6) is -0.470. The van der Waals surface area contributed by atoms with Crippen LogP contribution in [0.1, 0.15) is 38.4 Å². The lowest BCUT2D eigenvalue weighted by Crippen LogP contribution is -2.54. The highest BCUT2D eigenvalue weighted by Gasteiger charge is 2.43. The summed E-state index contributed by atoms with van der Waals surface area (Å²) in [7, 11) is 0. The molecule has 2 heterocycles. The second kappa shape index (κ2) is 9.56. The molecule has 1 aliphatic rings. The maximum atomic E-state index is 12.6. The van der Waals surface area contributed by atoms with Crippen molar-refractivity contribution in [2.45, 2.75) is 64.8 Å². The number of nitrogens with two attached hydrogens (primary N) is 1. The molecule has 1 saturated heterocycles. The summed E-state index contributed by atoms with van der Waals surface area (Å²) in [4.78, 5) is 30.6. The summed E-state index contributed by atoms with van der Waals surface area (Å²) in [6.45, 7) is 8.12. The first kappa shape index (κ1) is 23.5. The van der Waals surface area contributed by atoms with Gasteiger partial charge in [-0.2, -0.15) is 0 Å². The Morgan fingerprint density at radius 1 is 1.32 bits per heavy atom. The Bertz CT molecular complexity index is 920. The molecule has 0 saturated carbocycles. The molecule has 5 N–H and O–H groups in total. The van der Waals surface area contributed by atoms with Gasteiger partial charge in [0.05, 0.1) is 40.3 Å². The van der Waals surface area contributed by atoms with E-state index in [2.05, 4.69) is 39.9 Å². The fourth-order valence-electron chi connectivity index (χ4n) is 3.70. The Morgan fingerprint density at radius 2 is 2.00 bits per heavy atom. The van der Waals surface area contributed by atoms with E-state index in [-0.39, 0.29) is 18.1 Å². The SMILES string of the molecule is Cc1ncsc1-c1ccc(CCNC(=O)C2CC(O)C(C(=O)[C@H](N)C(C)(C)C)N2)cc1. The zero-order chi connectivity index (χ0) is 22.8. The number of nitrogens with zero attached hydrogens (tertiary/aromatic N) is 1. The highest BCUT2D eigenvalue weighted by atomic mass is 32.1. The number of aromatic nitrogens is 1. The van der Waals surface area contributed by atoms with Gasteiger partial charge in [0.2, 0.25) is 5.91 Å². The molecule has 1 aromatic heterocycles. The molecule has 1 amide bonds. The van der Waals surface area contributed by atoms with Gasteiger partial charge in [-0.15, -0.1) is 11.3 Å². The quantitative estimate of drug-likeness (QED) is 0.517. The Kier molecular flexibility index (Phi) is 7.26. The third kappa shape index (κ3) is 5.57. The van der Waals surface area contributed by atoms with Gasteiger partial charge >= 0.3 is 0 Å². The zero-order valence-corrected chi connectivity index (χ0v) is 19.3. The Labute approximate surface area is 187 Å². The molecule has 8 heteroatoms. The number of aliphatic hydroxyl groups is 1. The molecular formula is C23H32N4O3S. The molecule has 4 atom stereocenters. The molecule has 1 fully saturated rings. The van der Waals surface area contributed by atoms with E-state index in [0.717, 1.165) is 16.8 Å². The molecule has 0 spiro atoms. The van der Waals surface area contributed by atoms with E-state index in [4.69, 9.17) is 5.73 Å². The number of aryl methyl sites for hydroxylation is 1. The number of benzene rings is 1. The van der Waals surface area contributed by atoms with Gasteiger partial charge in [0.1, 0.15) is 0 Å². The first-order chi connectivity index (χ1) is 14.6. The summed E-state index contributed by atoms with van der Waals surface area (Å²) in [6.07, 6.45) is -0.0261. The Morgan fingerprint density at radius 3 is 2.58 bits per heavy atom. The van der Waals surface area contributed by atoms with E-state index in [1.165, 1.54) is 4.88 Å². The van der Waals surface area contributed by atoms with Crippen LogP contribution in [0.15, 0.2) is 29.8 Å². The topological polar surface area (TPSA) is 117 Å². The maximum Gasteiger partial charge on any atom is 0.237 e. The van der Waals surface area contributed by atoms with Crippen LogP contribution in [0.3, 0.4) is 0 Å². The summed E-state index contributed by atoms with van der Waals surface area (Å²) >= 11 is 1.62. The smallest absolute Gasteiger partial charge is 0.237 e. The van der Waals surface area contributed by atoms with Crippen LogP contribution in [0.5, 0.6) is 0 Å². The van der Waals surface area contributed by atoms with Gasteiger partial charge in [0, 0.05) is 6.54 Å². The lowest BCUT2D eigenvalue weighted by molar-refractivity contribution is -0.126. The van der Waals surface area contributed by atoms with Crippen LogP contribution in [0.25, 0.3) is 10.4 Å². The van der Waals surface area contributed by atoms with Crippen LogP contribution in [0.4, 0.5) is 0 Å². The highest BCUT2D eigenvalue weighted by Crippen LogP contribution is 2.27. The molecule has 168 valence electrons. The van der Waals surface area contributed by atoms with Gasteiger partial charge in [-0.25, -0.2) is 4.98 Å². The van der Waals surface area contributed by atoms with Crippen LogP contribution >= 0.6 is 11.3 Å². The fraction of sp³-hybridized carbons (Fsp3) is 0.522. The minimum Gasteiger partial charge on any atom is -0.391 e. The average Bonchev–Trinajstić information content (AvgIpc) is 3.32. The number of nitrogens with one attached hydrogen (secondary N) is 2. The lowest BCUT2D eigenvalue weighted by atomic mass is 9.82. The Hall–Kier alpha value is -2.13. The van der Waals surface area contributed by atoms with Crippen molar-refractivity contribution in [2.24, 2.45) is 11.1 Å². The number of ketones is 1. The van der Waals surface area contributed by atoms with E-state index >= 15 is 0 Å². The minimum atomic E-state index is -0.917. The number of amides is 1. The van der Waals surface area contributed by atoms with Crippen LogP contribution in [-0.2, 0) is 16.0 Å². The monoisotopic (exact) mass is 444 g/mol. The third-order valence-corrected chi connectivity index (χ3v) is 6.76. The molecular weight excluding hydrogens is 412 g/mol. The zero-order valence-electron chi connectivity index (χ0n) is 18.5. The summed E-state index contributed by atoms with van der Waals surface area (Å²) in [5.41, 5.74) is 10.8. The molecule has 1 aliphatic heterocycles. The molecule has 0 aliphatic carbocycles. The number of carbonyl (C=O) groups excluding carboxylic acids is 2. The average molecular weight is 445 g/mol. The van der Waals surface area contributed by atoms with Gasteiger partial charge in [-0.05, 0) is 36.3 Å². The number of aliphatic hydroxyl groups excluding tert-OH is 1.